The van der Waals surface area contributed by atoms with Gasteiger partial charge in [0.05, 0.1) is 0 Å². The number of allylic oxidation sites excluding steroid dienone is 2. The Morgan fingerprint density at radius 1 is 0.923 bits per heavy atom. The largest absolute Gasteiger partial charge is 0.371 e. The molecule has 2 aliphatic rings. The van der Waals surface area contributed by atoms with Gasteiger partial charge >= 0.3 is 0 Å². The van der Waals surface area contributed by atoms with Crippen LogP contribution in [0.5, 0.6) is 0 Å². The molecule has 1 saturated heterocycles. The molecule has 2 rings (SSSR count). The van der Waals surface area contributed by atoms with E-state index in [1.165, 1.54) is 45.1 Å². The minimum atomic E-state index is 0.697. The van der Waals surface area contributed by atoms with Gasteiger partial charge in [-0.1, -0.05) is 37.8 Å². The third-order valence-electron chi connectivity index (χ3n) is 3.06. The van der Waals surface area contributed by atoms with Crippen LogP contribution in [-0.4, -0.2) is 17.5 Å². The van der Waals surface area contributed by atoms with Crippen LogP contribution in [0, 0.1) is 0 Å². The highest BCUT2D eigenvalue weighted by Gasteiger charge is 2.14. The van der Waals surface area contributed by atoms with Gasteiger partial charge in [-0.3, -0.25) is 0 Å². The maximum atomic E-state index is 2.51. The highest BCUT2D eigenvalue weighted by molar-refractivity contribution is 5.13. The molecule has 0 saturated carbocycles. The summed E-state index contributed by atoms with van der Waals surface area (Å²) < 4.78 is 0. The van der Waals surface area contributed by atoms with Gasteiger partial charge in [-0.15, -0.1) is 0 Å². The normalized spacial score (nSPS) is 28.9. The molecular formula is C12H19N. The van der Waals surface area contributed by atoms with Crippen LogP contribution in [0.1, 0.15) is 38.5 Å². The lowest BCUT2D eigenvalue weighted by molar-refractivity contribution is 0.300. The molecular weight excluding hydrogens is 158 g/mol. The van der Waals surface area contributed by atoms with Crippen LogP contribution in [0.4, 0.5) is 0 Å². The summed E-state index contributed by atoms with van der Waals surface area (Å²) in [5, 5.41) is 0. The quantitative estimate of drug-likeness (QED) is 0.549. The SMILES string of the molecule is C1=CC2CCCCCCCN2C=C1. The van der Waals surface area contributed by atoms with E-state index in [1.54, 1.807) is 0 Å². The Bertz CT molecular complexity index is 183. The van der Waals surface area contributed by atoms with Crippen molar-refractivity contribution in [3.8, 4) is 0 Å². The zero-order chi connectivity index (χ0) is 8.93. The molecule has 1 unspecified atom stereocenters. The molecule has 1 nitrogen and oxygen atoms in total. The predicted molar refractivity (Wildman–Crippen MR) is 56.5 cm³/mol. The molecule has 0 spiro atoms. The van der Waals surface area contributed by atoms with E-state index in [9.17, 15) is 0 Å². The molecule has 1 fully saturated rings. The molecule has 0 bridgehead atoms. The molecule has 0 aromatic carbocycles. The molecule has 1 heteroatoms. The Morgan fingerprint density at radius 3 is 2.77 bits per heavy atom. The summed E-state index contributed by atoms with van der Waals surface area (Å²) >= 11 is 0. The number of fused-ring (bicyclic) bond motifs is 1. The maximum absolute atomic E-state index is 2.51. The second kappa shape index (κ2) is 4.50. The second-order valence-electron chi connectivity index (χ2n) is 4.09. The van der Waals surface area contributed by atoms with Crippen LogP contribution < -0.4 is 0 Å². The van der Waals surface area contributed by atoms with Crippen LogP contribution in [0.3, 0.4) is 0 Å². The van der Waals surface area contributed by atoms with Crippen molar-refractivity contribution in [1.82, 2.24) is 4.90 Å². The first-order chi connectivity index (χ1) is 6.47. The first-order valence-electron chi connectivity index (χ1n) is 5.57. The van der Waals surface area contributed by atoms with Crippen molar-refractivity contribution in [3.63, 3.8) is 0 Å². The van der Waals surface area contributed by atoms with Crippen LogP contribution in [0.15, 0.2) is 24.4 Å². The van der Waals surface area contributed by atoms with E-state index in [0.717, 1.165) is 0 Å². The van der Waals surface area contributed by atoms with Crippen LogP contribution in [-0.2, 0) is 0 Å². The number of hydrogen-bond donors (Lipinski definition) is 0. The Hall–Kier alpha value is -0.720. The maximum Gasteiger partial charge on any atom is 0.0470 e. The molecule has 2 heterocycles. The second-order valence-corrected chi connectivity index (χ2v) is 4.09. The fraction of sp³-hybridized carbons (Fsp3) is 0.667. The number of nitrogens with zero attached hydrogens (tertiary/aromatic N) is 1. The van der Waals surface area contributed by atoms with E-state index in [1.807, 2.05) is 0 Å². The lowest BCUT2D eigenvalue weighted by Crippen LogP contribution is -2.30. The lowest BCUT2D eigenvalue weighted by Gasteiger charge is -2.29. The highest BCUT2D eigenvalue weighted by Crippen LogP contribution is 2.19. The van der Waals surface area contributed by atoms with Gasteiger partial charge < -0.3 is 4.90 Å². The zero-order valence-corrected chi connectivity index (χ0v) is 8.28. The average Bonchev–Trinajstić information content (AvgIpc) is 2.28. The molecule has 0 aromatic heterocycles. The molecule has 0 aliphatic carbocycles. The fourth-order valence-electron chi connectivity index (χ4n) is 2.25. The van der Waals surface area contributed by atoms with Crippen LogP contribution in [0.25, 0.3) is 0 Å². The lowest BCUT2D eigenvalue weighted by atomic mass is 10.1. The van der Waals surface area contributed by atoms with Gasteiger partial charge in [-0.2, -0.15) is 0 Å². The van der Waals surface area contributed by atoms with Crippen molar-refractivity contribution < 1.29 is 0 Å². The van der Waals surface area contributed by atoms with Crippen molar-refractivity contribution in [1.29, 1.82) is 0 Å². The molecule has 13 heavy (non-hydrogen) atoms. The molecule has 0 radical (unpaired) electrons. The average molecular weight is 177 g/mol. The molecule has 2 aliphatic heterocycles. The summed E-state index contributed by atoms with van der Waals surface area (Å²) in [7, 11) is 0. The molecule has 72 valence electrons. The summed E-state index contributed by atoms with van der Waals surface area (Å²) in [5.41, 5.74) is 0. The van der Waals surface area contributed by atoms with Crippen molar-refractivity contribution in [2.75, 3.05) is 6.54 Å². The van der Waals surface area contributed by atoms with E-state index in [4.69, 9.17) is 0 Å². The summed E-state index contributed by atoms with van der Waals surface area (Å²) in [6.45, 7) is 1.26. The van der Waals surface area contributed by atoms with Gasteiger partial charge in [0.25, 0.3) is 0 Å². The topological polar surface area (TPSA) is 3.24 Å². The van der Waals surface area contributed by atoms with Crippen molar-refractivity contribution in [3.05, 3.63) is 24.4 Å². The van der Waals surface area contributed by atoms with E-state index >= 15 is 0 Å². The minimum Gasteiger partial charge on any atom is -0.371 e. The van der Waals surface area contributed by atoms with Gasteiger partial charge in [-0.05, 0) is 25.1 Å². The third kappa shape index (κ3) is 2.36. The Labute approximate surface area is 81.1 Å². The summed E-state index contributed by atoms with van der Waals surface area (Å²) in [4.78, 5) is 2.51. The third-order valence-corrected chi connectivity index (χ3v) is 3.06. The first-order valence-corrected chi connectivity index (χ1v) is 5.57. The van der Waals surface area contributed by atoms with Crippen molar-refractivity contribution in [2.24, 2.45) is 0 Å². The van der Waals surface area contributed by atoms with Crippen LogP contribution in [0.2, 0.25) is 0 Å². The van der Waals surface area contributed by atoms with Gasteiger partial charge in [0.1, 0.15) is 0 Å². The van der Waals surface area contributed by atoms with E-state index in [2.05, 4.69) is 29.3 Å². The van der Waals surface area contributed by atoms with Crippen LogP contribution >= 0.6 is 0 Å². The molecule has 1 atom stereocenters. The Balaban J connectivity index is 1.97. The van der Waals surface area contributed by atoms with Gasteiger partial charge in [-0.25, -0.2) is 0 Å². The standard InChI is InChI=1S/C12H19N/c1-2-4-8-12-9-5-7-11-13(12)10-6-3-1/h5,7,9,11-12H,1-4,6,8,10H2. The predicted octanol–water partition coefficient (Wildman–Crippen LogP) is 3.09. The zero-order valence-electron chi connectivity index (χ0n) is 8.28. The minimum absolute atomic E-state index is 0.697. The first kappa shape index (κ1) is 8.86. The molecule has 0 N–H and O–H groups in total. The summed E-state index contributed by atoms with van der Waals surface area (Å²) in [6, 6.07) is 0.697. The van der Waals surface area contributed by atoms with Gasteiger partial charge in [0.2, 0.25) is 0 Å². The van der Waals surface area contributed by atoms with Crippen molar-refractivity contribution in [2.45, 2.75) is 44.6 Å². The molecule has 0 amide bonds. The number of rotatable bonds is 0. The highest BCUT2D eigenvalue weighted by atomic mass is 15.1. The van der Waals surface area contributed by atoms with Crippen molar-refractivity contribution >= 4 is 0 Å². The summed E-state index contributed by atoms with van der Waals surface area (Å²) in [5.74, 6) is 0. The number of hydrogen-bond acceptors (Lipinski definition) is 1. The van der Waals surface area contributed by atoms with Gasteiger partial charge in [0.15, 0.2) is 0 Å². The molecule has 0 aromatic rings. The summed E-state index contributed by atoms with van der Waals surface area (Å²) in [6.07, 6.45) is 17.4. The monoisotopic (exact) mass is 177 g/mol. The Kier molecular flexibility index (Phi) is 3.07. The Morgan fingerprint density at radius 2 is 1.77 bits per heavy atom. The smallest absolute Gasteiger partial charge is 0.0470 e. The fourth-order valence-corrected chi connectivity index (χ4v) is 2.25. The van der Waals surface area contributed by atoms with Gasteiger partial charge in [0, 0.05) is 12.6 Å². The van der Waals surface area contributed by atoms with E-state index < -0.39 is 0 Å². The van der Waals surface area contributed by atoms with E-state index in [-0.39, 0.29) is 0 Å². The van der Waals surface area contributed by atoms with E-state index in [0.29, 0.717) is 6.04 Å².